The normalized spacial score (nSPS) is 39.7. The standard InChI is InChI=1S/C12H23N/c1-4-12(6-5-7-12)10-9(8-13)11(10,2)3/h9-10H,4-8,13H2,1-3H3/t9-,10-/m0/s1. The fraction of sp³-hybridized carbons (Fsp3) is 1.00. The number of nitrogens with two attached hydrogens (primary N) is 1. The SMILES string of the molecule is CCC1([C@H]2[C@H](CN)C2(C)C)CCC1. The predicted molar refractivity (Wildman–Crippen MR) is 56.4 cm³/mol. The third-order valence-electron chi connectivity index (χ3n) is 5.02. The van der Waals surface area contributed by atoms with Crippen molar-refractivity contribution in [2.45, 2.75) is 46.5 Å². The van der Waals surface area contributed by atoms with E-state index in [9.17, 15) is 0 Å². The second-order valence-corrected chi connectivity index (χ2v) is 5.71. The Bertz CT molecular complexity index is 198. The molecular formula is C12H23N. The molecule has 0 aromatic heterocycles. The average Bonchev–Trinajstić information content (AvgIpc) is 2.54. The number of hydrogen-bond acceptors (Lipinski definition) is 1. The first-order valence-electron chi connectivity index (χ1n) is 5.78. The molecule has 2 fully saturated rings. The summed E-state index contributed by atoms with van der Waals surface area (Å²) in [6.45, 7) is 8.08. The Morgan fingerprint density at radius 2 is 1.92 bits per heavy atom. The Balaban J connectivity index is 2.10. The third kappa shape index (κ3) is 1.09. The van der Waals surface area contributed by atoms with Crippen LogP contribution in [-0.2, 0) is 0 Å². The summed E-state index contributed by atoms with van der Waals surface area (Å²) in [6, 6.07) is 0. The third-order valence-corrected chi connectivity index (χ3v) is 5.02. The highest BCUT2D eigenvalue weighted by molar-refractivity contribution is 5.14. The van der Waals surface area contributed by atoms with Gasteiger partial charge in [0.05, 0.1) is 0 Å². The molecule has 2 atom stereocenters. The van der Waals surface area contributed by atoms with Crippen LogP contribution >= 0.6 is 0 Å². The van der Waals surface area contributed by atoms with Crippen LogP contribution in [0.1, 0.15) is 46.5 Å². The molecule has 76 valence electrons. The van der Waals surface area contributed by atoms with Crippen LogP contribution in [0.5, 0.6) is 0 Å². The highest BCUT2D eigenvalue weighted by Gasteiger charge is 2.65. The fourth-order valence-corrected chi connectivity index (χ4v) is 3.92. The van der Waals surface area contributed by atoms with Crippen LogP contribution in [0.4, 0.5) is 0 Å². The summed E-state index contributed by atoms with van der Waals surface area (Å²) in [5, 5.41) is 0. The summed E-state index contributed by atoms with van der Waals surface area (Å²) in [6.07, 6.45) is 5.76. The molecule has 2 aliphatic carbocycles. The van der Waals surface area contributed by atoms with Gasteiger partial charge in [0.15, 0.2) is 0 Å². The van der Waals surface area contributed by atoms with Crippen molar-refractivity contribution in [1.29, 1.82) is 0 Å². The summed E-state index contributed by atoms with van der Waals surface area (Å²) in [5.41, 5.74) is 7.08. The molecule has 0 aromatic rings. The lowest BCUT2D eigenvalue weighted by Gasteiger charge is -2.43. The van der Waals surface area contributed by atoms with Gasteiger partial charge in [0.1, 0.15) is 0 Å². The van der Waals surface area contributed by atoms with E-state index in [1.807, 2.05) is 0 Å². The topological polar surface area (TPSA) is 26.0 Å². The smallest absolute Gasteiger partial charge is 0.00406 e. The monoisotopic (exact) mass is 181 g/mol. The van der Waals surface area contributed by atoms with Crippen LogP contribution in [-0.4, -0.2) is 6.54 Å². The molecule has 13 heavy (non-hydrogen) atoms. The number of rotatable bonds is 3. The highest BCUT2D eigenvalue weighted by Crippen LogP contribution is 2.71. The van der Waals surface area contributed by atoms with Crippen molar-refractivity contribution < 1.29 is 0 Å². The van der Waals surface area contributed by atoms with Crippen molar-refractivity contribution in [1.82, 2.24) is 0 Å². The average molecular weight is 181 g/mol. The van der Waals surface area contributed by atoms with Crippen molar-refractivity contribution in [3.8, 4) is 0 Å². The minimum Gasteiger partial charge on any atom is -0.330 e. The predicted octanol–water partition coefficient (Wildman–Crippen LogP) is 2.80. The van der Waals surface area contributed by atoms with Gasteiger partial charge < -0.3 is 5.73 Å². The van der Waals surface area contributed by atoms with Crippen LogP contribution in [0.3, 0.4) is 0 Å². The van der Waals surface area contributed by atoms with Gasteiger partial charge in [-0.15, -0.1) is 0 Å². The Morgan fingerprint density at radius 1 is 1.31 bits per heavy atom. The molecule has 1 heteroatoms. The first-order chi connectivity index (χ1) is 6.08. The van der Waals surface area contributed by atoms with E-state index >= 15 is 0 Å². The summed E-state index contributed by atoms with van der Waals surface area (Å²) < 4.78 is 0. The van der Waals surface area contributed by atoms with Gasteiger partial charge in [-0.1, -0.05) is 33.6 Å². The second kappa shape index (κ2) is 2.73. The van der Waals surface area contributed by atoms with E-state index in [1.54, 1.807) is 0 Å². The van der Waals surface area contributed by atoms with Gasteiger partial charge >= 0.3 is 0 Å². The minimum atomic E-state index is 0.547. The molecule has 0 amide bonds. The quantitative estimate of drug-likeness (QED) is 0.712. The van der Waals surface area contributed by atoms with Crippen molar-refractivity contribution in [3.05, 3.63) is 0 Å². The molecule has 2 saturated carbocycles. The largest absolute Gasteiger partial charge is 0.330 e. The van der Waals surface area contributed by atoms with Crippen molar-refractivity contribution in [2.24, 2.45) is 28.4 Å². The molecule has 0 aliphatic heterocycles. The number of hydrogen-bond donors (Lipinski definition) is 1. The van der Waals surface area contributed by atoms with Crippen LogP contribution in [0.2, 0.25) is 0 Å². The zero-order valence-corrected chi connectivity index (χ0v) is 9.27. The van der Waals surface area contributed by atoms with E-state index in [0.29, 0.717) is 10.8 Å². The molecule has 2 N–H and O–H groups in total. The van der Waals surface area contributed by atoms with Gasteiger partial charge in [0, 0.05) is 0 Å². The van der Waals surface area contributed by atoms with E-state index in [4.69, 9.17) is 5.73 Å². The van der Waals surface area contributed by atoms with Gasteiger partial charge in [-0.05, 0) is 42.1 Å². The van der Waals surface area contributed by atoms with Crippen LogP contribution in [0.15, 0.2) is 0 Å². The molecule has 0 unspecified atom stereocenters. The molecule has 0 spiro atoms. The summed E-state index contributed by atoms with van der Waals surface area (Å²) >= 11 is 0. The Labute approximate surface area is 82.1 Å². The summed E-state index contributed by atoms with van der Waals surface area (Å²) in [5.74, 6) is 1.75. The van der Waals surface area contributed by atoms with Gasteiger partial charge in [0.2, 0.25) is 0 Å². The van der Waals surface area contributed by atoms with E-state index in [-0.39, 0.29) is 0 Å². The zero-order chi connectivity index (χ0) is 9.69. The Kier molecular flexibility index (Phi) is 1.99. The first kappa shape index (κ1) is 9.51. The Morgan fingerprint density at radius 3 is 2.15 bits per heavy atom. The lowest BCUT2D eigenvalue weighted by Crippen LogP contribution is -2.33. The van der Waals surface area contributed by atoms with Gasteiger partial charge in [-0.2, -0.15) is 0 Å². The van der Waals surface area contributed by atoms with Crippen molar-refractivity contribution >= 4 is 0 Å². The summed E-state index contributed by atoms with van der Waals surface area (Å²) in [4.78, 5) is 0. The van der Waals surface area contributed by atoms with Gasteiger partial charge in [-0.3, -0.25) is 0 Å². The lowest BCUT2D eigenvalue weighted by molar-refractivity contribution is 0.0744. The van der Waals surface area contributed by atoms with E-state index in [2.05, 4.69) is 20.8 Å². The van der Waals surface area contributed by atoms with Gasteiger partial charge in [0.25, 0.3) is 0 Å². The maximum atomic E-state index is 5.83. The Hall–Kier alpha value is -0.0400. The second-order valence-electron chi connectivity index (χ2n) is 5.71. The maximum Gasteiger partial charge on any atom is -0.00406 e. The van der Waals surface area contributed by atoms with Crippen LogP contribution in [0.25, 0.3) is 0 Å². The minimum absolute atomic E-state index is 0.547. The molecule has 1 nitrogen and oxygen atoms in total. The molecule has 2 rings (SSSR count). The molecule has 2 aliphatic rings. The molecule has 0 heterocycles. The van der Waals surface area contributed by atoms with E-state index in [0.717, 1.165) is 18.4 Å². The van der Waals surface area contributed by atoms with E-state index in [1.165, 1.54) is 25.7 Å². The maximum absolute atomic E-state index is 5.83. The van der Waals surface area contributed by atoms with Crippen LogP contribution in [0, 0.1) is 22.7 Å². The fourth-order valence-electron chi connectivity index (χ4n) is 3.92. The molecule has 0 saturated heterocycles. The highest BCUT2D eigenvalue weighted by atomic mass is 14.8. The summed E-state index contributed by atoms with van der Waals surface area (Å²) in [7, 11) is 0. The molecular weight excluding hydrogens is 158 g/mol. The molecule has 0 aromatic carbocycles. The van der Waals surface area contributed by atoms with Crippen molar-refractivity contribution in [2.75, 3.05) is 6.54 Å². The van der Waals surface area contributed by atoms with Gasteiger partial charge in [-0.25, -0.2) is 0 Å². The zero-order valence-electron chi connectivity index (χ0n) is 9.27. The molecule has 0 bridgehead atoms. The lowest BCUT2D eigenvalue weighted by atomic mass is 9.62. The van der Waals surface area contributed by atoms with Crippen LogP contribution < -0.4 is 5.73 Å². The van der Waals surface area contributed by atoms with Crippen molar-refractivity contribution in [3.63, 3.8) is 0 Å². The first-order valence-corrected chi connectivity index (χ1v) is 5.78. The molecule has 0 radical (unpaired) electrons. The van der Waals surface area contributed by atoms with E-state index < -0.39 is 0 Å².